The first-order chi connectivity index (χ1) is 17.0. The number of amides is 1. The van der Waals surface area contributed by atoms with Gasteiger partial charge in [-0.25, -0.2) is 9.69 Å². The molecule has 0 bridgehead atoms. The standard InChI is InChI=1S/C24H21ClN6O3S/c1-33-20-6-3-2-5-17(20)23-27-28-24(30(23)26)35-14-22(32)31-19(21-7-4-12-34-21)13-18(29-31)15-8-10-16(25)11-9-15/h2-12,19H,13-14,26H2,1H3/t19-/m0/s1. The maximum absolute atomic E-state index is 13.3. The van der Waals surface area contributed by atoms with E-state index in [1.54, 1.807) is 31.6 Å². The lowest BCUT2D eigenvalue weighted by atomic mass is 10.0. The molecule has 35 heavy (non-hydrogen) atoms. The van der Waals surface area contributed by atoms with Crippen molar-refractivity contribution in [3.05, 3.63) is 83.3 Å². The van der Waals surface area contributed by atoms with Crippen LogP contribution < -0.4 is 10.6 Å². The third kappa shape index (κ3) is 4.62. The molecule has 0 unspecified atom stereocenters. The van der Waals surface area contributed by atoms with Crippen LogP contribution in [0.4, 0.5) is 0 Å². The summed E-state index contributed by atoms with van der Waals surface area (Å²) in [7, 11) is 1.58. The summed E-state index contributed by atoms with van der Waals surface area (Å²) in [4.78, 5) is 13.3. The maximum Gasteiger partial charge on any atom is 0.253 e. The van der Waals surface area contributed by atoms with E-state index < -0.39 is 0 Å². The number of carbonyl (C=O) groups excluding carboxylic acids is 1. The van der Waals surface area contributed by atoms with Gasteiger partial charge in [-0.2, -0.15) is 5.10 Å². The van der Waals surface area contributed by atoms with Crippen molar-refractivity contribution in [2.75, 3.05) is 18.7 Å². The Labute approximate surface area is 210 Å². The Bertz CT molecular complexity index is 1370. The lowest BCUT2D eigenvalue weighted by molar-refractivity contribution is -0.130. The van der Waals surface area contributed by atoms with Crippen LogP contribution in [0.25, 0.3) is 11.4 Å². The zero-order valence-corrected chi connectivity index (χ0v) is 20.2. The van der Waals surface area contributed by atoms with Crippen LogP contribution in [-0.2, 0) is 4.79 Å². The first-order valence-electron chi connectivity index (χ1n) is 10.7. The fourth-order valence-corrected chi connectivity index (χ4v) is 4.68. The minimum absolute atomic E-state index is 0.0653. The number of hydrazone groups is 1. The van der Waals surface area contributed by atoms with Crippen molar-refractivity contribution in [1.82, 2.24) is 19.9 Å². The minimum atomic E-state index is -0.344. The SMILES string of the molecule is COc1ccccc1-c1nnc(SCC(=O)N2N=C(c3ccc(Cl)cc3)C[C@H]2c2ccco2)n1N. The van der Waals surface area contributed by atoms with Crippen LogP contribution in [0.1, 0.15) is 23.8 Å². The second kappa shape index (κ2) is 9.85. The Morgan fingerprint density at radius 3 is 2.71 bits per heavy atom. The summed E-state index contributed by atoms with van der Waals surface area (Å²) < 4.78 is 12.4. The minimum Gasteiger partial charge on any atom is -0.496 e. The average molecular weight is 509 g/mol. The van der Waals surface area contributed by atoms with Crippen molar-refractivity contribution in [3.8, 4) is 17.1 Å². The fourth-order valence-electron chi connectivity index (χ4n) is 3.84. The third-order valence-corrected chi connectivity index (χ3v) is 6.73. The molecule has 5 rings (SSSR count). The maximum atomic E-state index is 13.3. The number of hydrogen-bond acceptors (Lipinski definition) is 8. The molecule has 0 fully saturated rings. The third-order valence-electron chi connectivity index (χ3n) is 5.55. The molecule has 1 aliphatic heterocycles. The molecular formula is C24H21ClN6O3S. The van der Waals surface area contributed by atoms with Gasteiger partial charge in [-0.05, 0) is 42.0 Å². The molecule has 0 saturated carbocycles. The number of furan rings is 1. The number of rotatable bonds is 7. The highest BCUT2D eigenvalue weighted by Gasteiger charge is 2.35. The van der Waals surface area contributed by atoms with Gasteiger partial charge in [-0.1, -0.05) is 47.6 Å². The summed E-state index contributed by atoms with van der Waals surface area (Å²) in [6.07, 6.45) is 2.11. The number of hydrogen-bond donors (Lipinski definition) is 1. The molecule has 0 spiro atoms. The van der Waals surface area contributed by atoms with Crippen LogP contribution in [0.5, 0.6) is 5.75 Å². The van der Waals surface area contributed by atoms with Gasteiger partial charge in [0.15, 0.2) is 5.82 Å². The van der Waals surface area contributed by atoms with Gasteiger partial charge in [0.05, 0.1) is 30.4 Å². The molecule has 2 aromatic heterocycles. The van der Waals surface area contributed by atoms with Gasteiger partial charge in [-0.3, -0.25) is 4.79 Å². The number of nitrogens with two attached hydrogens (primary N) is 1. The summed E-state index contributed by atoms with van der Waals surface area (Å²) in [5, 5.41) is 15.5. The van der Waals surface area contributed by atoms with E-state index in [0.717, 1.165) is 11.3 Å². The molecule has 9 nitrogen and oxygen atoms in total. The first-order valence-corrected chi connectivity index (χ1v) is 12.1. The molecule has 11 heteroatoms. The smallest absolute Gasteiger partial charge is 0.253 e. The van der Waals surface area contributed by atoms with Gasteiger partial charge in [0.1, 0.15) is 17.6 Å². The lowest BCUT2D eigenvalue weighted by Crippen LogP contribution is -2.28. The zero-order chi connectivity index (χ0) is 24.4. The zero-order valence-electron chi connectivity index (χ0n) is 18.7. The number of aromatic nitrogens is 3. The Kier molecular flexibility index (Phi) is 6.47. The van der Waals surface area contributed by atoms with Gasteiger partial charge >= 0.3 is 0 Å². The summed E-state index contributed by atoms with van der Waals surface area (Å²) in [6.45, 7) is 0. The molecule has 1 amide bonds. The second-order valence-corrected chi connectivity index (χ2v) is 9.07. The quantitative estimate of drug-likeness (QED) is 0.291. The molecular weight excluding hydrogens is 488 g/mol. The van der Waals surface area contributed by atoms with Crippen LogP contribution in [0.3, 0.4) is 0 Å². The van der Waals surface area contributed by atoms with E-state index in [9.17, 15) is 4.79 Å². The van der Waals surface area contributed by atoms with Crippen molar-refractivity contribution >= 4 is 35.0 Å². The molecule has 3 heterocycles. The highest BCUT2D eigenvalue weighted by molar-refractivity contribution is 7.99. The normalized spacial score (nSPS) is 15.3. The van der Waals surface area contributed by atoms with Crippen molar-refractivity contribution in [1.29, 1.82) is 0 Å². The lowest BCUT2D eigenvalue weighted by Gasteiger charge is -2.19. The average Bonchev–Trinajstić information content (AvgIpc) is 3.63. The first kappa shape index (κ1) is 23.0. The predicted octanol–water partition coefficient (Wildman–Crippen LogP) is 4.38. The second-order valence-electron chi connectivity index (χ2n) is 7.69. The number of nitrogens with zero attached hydrogens (tertiary/aromatic N) is 5. The Hall–Kier alpha value is -3.76. The van der Waals surface area contributed by atoms with Crippen molar-refractivity contribution in [2.45, 2.75) is 17.6 Å². The van der Waals surface area contributed by atoms with Crippen molar-refractivity contribution in [2.24, 2.45) is 5.10 Å². The van der Waals surface area contributed by atoms with E-state index in [1.165, 1.54) is 21.4 Å². The van der Waals surface area contributed by atoms with Crippen LogP contribution in [0.2, 0.25) is 5.02 Å². The van der Waals surface area contributed by atoms with Gasteiger partial charge in [0.2, 0.25) is 5.16 Å². The van der Waals surface area contributed by atoms with Crippen LogP contribution in [-0.4, -0.2) is 44.4 Å². The summed E-state index contributed by atoms with van der Waals surface area (Å²) in [5.41, 5.74) is 2.39. The molecule has 0 aliphatic carbocycles. The molecule has 178 valence electrons. The van der Waals surface area contributed by atoms with E-state index in [2.05, 4.69) is 15.3 Å². The number of para-hydroxylation sites is 1. The summed E-state index contributed by atoms with van der Waals surface area (Å²) >= 11 is 7.21. The highest BCUT2D eigenvalue weighted by Crippen LogP contribution is 2.34. The Morgan fingerprint density at radius 2 is 1.97 bits per heavy atom. The predicted molar refractivity (Wildman–Crippen MR) is 134 cm³/mol. The summed E-state index contributed by atoms with van der Waals surface area (Å²) in [5.74, 6) is 7.84. The number of carbonyl (C=O) groups is 1. The molecule has 4 aromatic rings. The number of thioether (sulfide) groups is 1. The van der Waals surface area contributed by atoms with E-state index in [1.807, 2.05) is 42.5 Å². The van der Waals surface area contributed by atoms with E-state index in [4.69, 9.17) is 26.6 Å². The molecule has 1 aliphatic rings. The van der Waals surface area contributed by atoms with Gasteiger partial charge in [0.25, 0.3) is 5.91 Å². The number of ether oxygens (including phenoxy) is 1. The van der Waals surface area contributed by atoms with Crippen molar-refractivity contribution < 1.29 is 13.9 Å². The van der Waals surface area contributed by atoms with Crippen LogP contribution >= 0.6 is 23.4 Å². The number of methoxy groups -OCH3 is 1. The van der Waals surface area contributed by atoms with E-state index in [-0.39, 0.29) is 17.7 Å². The molecule has 0 saturated heterocycles. The van der Waals surface area contributed by atoms with Crippen LogP contribution in [0, 0.1) is 0 Å². The fraction of sp³-hybridized carbons (Fsp3) is 0.167. The van der Waals surface area contributed by atoms with E-state index >= 15 is 0 Å². The molecule has 1 atom stereocenters. The topological polar surface area (TPSA) is 112 Å². The number of nitrogen functional groups attached to an aromatic ring is 1. The largest absolute Gasteiger partial charge is 0.496 e. The van der Waals surface area contributed by atoms with Gasteiger partial charge in [0, 0.05) is 11.4 Å². The van der Waals surface area contributed by atoms with Crippen LogP contribution in [0.15, 0.2) is 81.6 Å². The van der Waals surface area contributed by atoms with Gasteiger partial charge < -0.3 is 15.0 Å². The number of benzene rings is 2. The monoisotopic (exact) mass is 508 g/mol. The molecule has 0 radical (unpaired) electrons. The van der Waals surface area contributed by atoms with E-state index in [0.29, 0.717) is 39.5 Å². The van der Waals surface area contributed by atoms with Gasteiger partial charge in [-0.15, -0.1) is 10.2 Å². The molecule has 2 N–H and O–H groups in total. The molecule has 2 aromatic carbocycles. The highest BCUT2D eigenvalue weighted by atomic mass is 35.5. The Balaban J connectivity index is 1.35. The summed E-state index contributed by atoms with van der Waals surface area (Å²) in [6, 6.07) is 18.1. The Morgan fingerprint density at radius 1 is 1.17 bits per heavy atom. The number of halogens is 1. The van der Waals surface area contributed by atoms with Crippen molar-refractivity contribution in [3.63, 3.8) is 0 Å².